The van der Waals surface area contributed by atoms with Crippen molar-refractivity contribution in [3.63, 3.8) is 0 Å². The number of anilines is 2. The summed E-state index contributed by atoms with van der Waals surface area (Å²) >= 11 is 0. The van der Waals surface area contributed by atoms with Crippen LogP contribution >= 0.6 is 0 Å². The quantitative estimate of drug-likeness (QED) is 0.818. The Hall–Kier alpha value is -2.43. The van der Waals surface area contributed by atoms with Crippen LogP contribution in [0.15, 0.2) is 36.7 Å². The van der Waals surface area contributed by atoms with Crippen LogP contribution in [0.25, 0.3) is 0 Å². The Bertz CT molecular complexity index is 693. The summed E-state index contributed by atoms with van der Waals surface area (Å²) in [4.78, 5) is 25.6. The van der Waals surface area contributed by atoms with E-state index in [1.807, 2.05) is 18.2 Å². The van der Waals surface area contributed by atoms with E-state index in [4.69, 9.17) is 0 Å². The Morgan fingerprint density at radius 2 is 1.88 bits per heavy atom. The van der Waals surface area contributed by atoms with Crippen LogP contribution in [0.1, 0.15) is 42.7 Å². The monoisotopic (exact) mass is 324 g/mol. The Morgan fingerprint density at radius 3 is 2.54 bits per heavy atom. The number of carbonyl (C=O) groups is 1. The van der Waals surface area contributed by atoms with Gasteiger partial charge in [0.1, 0.15) is 11.5 Å². The fraction of sp³-hybridized carbons (Fsp3) is 0.421. The third kappa shape index (κ3) is 3.25. The van der Waals surface area contributed by atoms with Crippen molar-refractivity contribution >= 4 is 17.4 Å². The fourth-order valence-corrected chi connectivity index (χ4v) is 3.16. The Labute approximate surface area is 143 Å². The first-order valence-electron chi connectivity index (χ1n) is 8.71. The molecule has 1 amide bonds. The van der Waals surface area contributed by atoms with Crippen molar-refractivity contribution in [1.29, 1.82) is 0 Å². The maximum atomic E-state index is 12.8. The van der Waals surface area contributed by atoms with E-state index in [9.17, 15) is 4.79 Å². The predicted octanol–water partition coefficient (Wildman–Crippen LogP) is 3.31. The zero-order valence-corrected chi connectivity index (χ0v) is 14.4. The molecule has 1 aliphatic rings. The van der Waals surface area contributed by atoms with Gasteiger partial charge in [0, 0.05) is 25.3 Å². The van der Waals surface area contributed by atoms with Gasteiger partial charge in [-0.2, -0.15) is 0 Å². The molecule has 0 saturated carbocycles. The lowest BCUT2D eigenvalue weighted by Crippen LogP contribution is -2.30. The molecule has 0 fully saturated rings. The zero-order chi connectivity index (χ0) is 16.9. The molecule has 3 rings (SSSR count). The van der Waals surface area contributed by atoms with Gasteiger partial charge in [-0.1, -0.05) is 32.0 Å². The second-order valence-electron chi connectivity index (χ2n) is 6.08. The number of hydrogen-bond donors (Lipinski definition) is 0. The normalized spacial score (nSPS) is 13.0. The summed E-state index contributed by atoms with van der Waals surface area (Å²) in [5.41, 5.74) is 2.61. The van der Waals surface area contributed by atoms with E-state index in [1.54, 1.807) is 17.3 Å². The molecule has 1 aromatic carbocycles. The van der Waals surface area contributed by atoms with Crippen LogP contribution < -0.4 is 9.80 Å². The van der Waals surface area contributed by atoms with E-state index in [2.05, 4.69) is 34.8 Å². The second kappa shape index (κ2) is 7.43. The Balaban J connectivity index is 1.77. The number of para-hydroxylation sites is 1. The van der Waals surface area contributed by atoms with Crippen molar-refractivity contribution in [1.82, 2.24) is 9.97 Å². The lowest BCUT2D eigenvalue weighted by molar-refractivity contribution is 0.0984. The summed E-state index contributed by atoms with van der Waals surface area (Å²) in [6.45, 7) is 6.92. The molecule has 126 valence electrons. The highest BCUT2D eigenvalue weighted by Crippen LogP contribution is 2.28. The van der Waals surface area contributed by atoms with E-state index in [-0.39, 0.29) is 5.91 Å². The smallest absolute Gasteiger partial charge is 0.278 e. The minimum absolute atomic E-state index is 0.0727. The molecule has 2 aromatic rings. The van der Waals surface area contributed by atoms with E-state index in [0.717, 1.165) is 43.9 Å². The van der Waals surface area contributed by atoms with E-state index in [1.165, 1.54) is 5.56 Å². The number of amides is 1. The lowest BCUT2D eigenvalue weighted by Gasteiger charge is -2.22. The predicted molar refractivity (Wildman–Crippen MR) is 96.6 cm³/mol. The van der Waals surface area contributed by atoms with Gasteiger partial charge in [0.05, 0.1) is 12.4 Å². The number of fused-ring (bicyclic) bond motifs is 1. The first-order chi connectivity index (χ1) is 11.7. The summed E-state index contributed by atoms with van der Waals surface area (Å²) in [6, 6.07) is 8.04. The SMILES string of the molecule is CCCN(CCC)c1cnc(C(=O)N2CCc3ccccc32)cn1. The van der Waals surface area contributed by atoms with Gasteiger partial charge in [-0.15, -0.1) is 0 Å². The first-order valence-corrected chi connectivity index (χ1v) is 8.71. The van der Waals surface area contributed by atoms with Crippen LogP contribution in [0.5, 0.6) is 0 Å². The molecule has 1 aromatic heterocycles. The van der Waals surface area contributed by atoms with E-state index < -0.39 is 0 Å². The minimum atomic E-state index is -0.0727. The molecule has 5 heteroatoms. The highest BCUT2D eigenvalue weighted by atomic mass is 16.2. The summed E-state index contributed by atoms with van der Waals surface area (Å²) in [6.07, 6.45) is 6.35. The van der Waals surface area contributed by atoms with Crippen molar-refractivity contribution in [2.75, 3.05) is 29.4 Å². The van der Waals surface area contributed by atoms with Gasteiger partial charge in [0.25, 0.3) is 5.91 Å². The Morgan fingerprint density at radius 1 is 1.12 bits per heavy atom. The third-order valence-electron chi connectivity index (χ3n) is 4.30. The van der Waals surface area contributed by atoms with Crippen molar-refractivity contribution < 1.29 is 4.79 Å². The molecule has 5 nitrogen and oxygen atoms in total. The number of benzene rings is 1. The highest BCUT2D eigenvalue weighted by Gasteiger charge is 2.26. The molecule has 1 aliphatic heterocycles. The molecule has 24 heavy (non-hydrogen) atoms. The molecule has 0 unspecified atom stereocenters. The summed E-state index contributed by atoms with van der Waals surface area (Å²) in [5.74, 6) is 0.772. The van der Waals surface area contributed by atoms with Gasteiger partial charge >= 0.3 is 0 Å². The lowest BCUT2D eigenvalue weighted by atomic mass is 10.2. The molecule has 0 spiro atoms. The van der Waals surface area contributed by atoms with Crippen molar-refractivity contribution in [3.05, 3.63) is 47.9 Å². The van der Waals surface area contributed by atoms with Gasteiger partial charge in [-0.05, 0) is 30.9 Å². The van der Waals surface area contributed by atoms with Crippen LogP contribution in [0.4, 0.5) is 11.5 Å². The number of hydrogen-bond acceptors (Lipinski definition) is 4. The maximum absolute atomic E-state index is 12.8. The number of carbonyl (C=O) groups excluding carboxylic acids is 1. The van der Waals surface area contributed by atoms with Crippen LogP contribution in [0, 0.1) is 0 Å². The minimum Gasteiger partial charge on any atom is -0.355 e. The topological polar surface area (TPSA) is 49.3 Å². The average Bonchev–Trinajstić information content (AvgIpc) is 3.05. The largest absolute Gasteiger partial charge is 0.355 e. The molecule has 2 heterocycles. The molecule has 0 atom stereocenters. The Kier molecular flexibility index (Phi) is 5.08. The van der Waals surface area contributed by atoms with Gasteiger partial charge in [0.2, 0.25) is 0 Å². The molecule has 0 radical (unpaired) electrons. The standard InChI is InChI=1S/C19H24N4O/c1-3-10-22(11-4-2)18-14-20-16(13-21-18)19(24)23-12-9-15-7-5-6-8-17(15)23/h5-8,13-14H,3-4,9-12H2,1-2H3. The zero-order valence-electron chi connectivity index (χ0n) is 14.4. The summed E-state index contributed by atoms with van der Waals surface area (Å²) < 4.78 is 0. The average molecular weight is 324 g/mol. The van der Waals surface area contributed by atoms with Crippen LogP contribution in [0.2, 0.25) is 0 Å². The number of nitrogens with zero attached hydrogens (tertiary/aromatic N) is 4. The molecule has 0 aliphatic carbocycles. The molecular formula is C19H24N4O. The van der Waals surface area contributed by atoms with E-state index in [0.29, 0.717) is 12.2 Å². The fourth-order valence-electron chi connectivity index (χ4n) is 3.16. The van der Waals surface area contributed by atoms with Crippen molar-refractivity contribution in [2.24, 2.45) is 0 Å². The highest BCUT2D eigenvalue weighted by molar-refractivity contribution is 6.05. The van der Waals surface area contributed by atoms with E-state index >= 15 is 0 Å². The molecule has 0 bridgehead atoms. The summed E-state index contributed by atoms with van der Waals surface area (Å²) in [7, 11) is 0. The number of rotatable bonds is 6. The van der Waals surface area contributed by atoms with Crippen molar-refractivity contribution in [2.45, 2.75) is 33.1 Å². The number of aromatic nitrogens is 2. The van der Waals surface area contributed by atoms with Crippen LogP contribution in [0.3, 0.4) is 0 Å². The molecule has 0 saturated heterocycles. The van der Waals surface area contributed by atoms with Crippen LogP contribution in [-0.4, -0.2) is 35.5 Å². The van der Waals surface area contributed by atoms with Crippen molar-refractivity contribution in [3.8, 4) is 0 Å². The first kappa shape index (κ1) is 16.4. The van der Waals surface area contributed by atoms with Gasteiger partial charge in [-0.25, -0.2) is 9.97 Å². The maximum Gasteiger partial charge on any atom is 0.278 e. The molecule has 0 N–H and O–H groups in total. The van der Waals surface area contributed by atoms with Gasteiger partial charge in [-0.3, -0.25) is 4.79 Å². The molecular weight excluding hydrogens is 300 g/mol. The van der Waals surface area contributed by atoms with Gasteiger partial charge < -0.3 is 9.80 Å². The van der Waals surface area contributed by atoms with Gasteiger partial charge in [0.15, 0.2) is 0 Å². The van der Waals surface area contributed by atoms with Crippen LogP contribution in [-0.2, 0) is 6.42 Å². The summed E-state index contributed by atoms with van der Waals surface area (Å²) in [5, 5.41) is 0. The third-order valence-corrected chi connectivity index (χ3v) is 4.30. The second-order valence-corrected chi connectivity index (χ2v) is 6.08.